The highest BCUT2D eigenvalue weighted by Gasteiger charge is 2.12. The Bertz CT molecular complexity index is 384. The van der Waals surface area contributed by atoms with Gasteiger partial charge in [-0.05, 0) is 29.9 Å². The number of nitrogens with two attached hydrogens (primary N) is 1. The third kappa shape index (κ3) is 4.98. The summed E-state index contributed by atoms with van der Waals surface area (Å²) in [5.74, 6) is 2.22. The Morgan fingerprint density at radius 1 is 1.44 bits per heavy atom. The Hall–Kier alpha value is -1.20. The molecule has 4 nitrogen and oxygen atoms in total. The van der Waals surface area contributed by atoms with Crippen LogP contribution in [0.1, 0.15) is 12.0 Å². The van der Waals surface area contributed by atoms with Crippen molar-refractivity contribution in [1.29, 1.82) is 0 Å². The van der Waals surface area contributed by atoms with Crippen LogP contribution in [0, 0.1) is 0 Å². The maximum absolute atomic E-state index is 11.1. The van der Waals surface area contributed by atoms with E-state index in [1.54, 1.807) is 18.9 Å². The second kappa shape index (κ2) is 8.00. The summed E-state index contributed by atoms with van der Waals surface area (Å²) >= 11 is 1.74. The normalized spacial score (nSPS) is 11.9. The summed E-state index contributed by atoms with van der Waals surface area (Å²) in [6.45, 7) is 0. The molecule has 0 spiro atoms. The number of hydrogen-bond donors (Lipinski definition) is 1. The Morgan fingerprint density at radius 3 is 2.89 bits per heavy atom. The minimum atomic E-state index is -0.521. The van der Waals surface area contributed by atoms with Gasteiger partial charge in [-0.1, -0.05) is 12.1 Å². The van der Waals surface area contributed by atoms with Crippen molar-refractivity contribution >= 4 is 17.7 Å². The SMILES string of the molecule is COC(=O)C(N)CCSCc1cccc(OC)c1. The first-order valence-electron chi connectivity index (χ1n) is 5.71. The molecule has 0 saturated carbocycles. The third-order valence-electron chi connectivity index (χ3n) is 2.48. The molecule has 0 bridgehead atoms. The van der Waals surface area contributed by atoms with Crippen LogP contribution < -0.4 is 10.5 Å². The van der Waals surface area contributed by atoms with E-state index in [0.29, 0.717) is 6.42 Å². The quantitative estimate of drug-likeness (QED) is 0.604. The van der Waals surface area contributed by atoms with Crippen molar-refractivity contribution in [3.63, 3.8) is 0 Å². The second-order valence-corrected chi connectivity index (χ2v) is 4.93. The van der Waals surface area contributed by atoms with Crippen LogP contribution in [0.4, 0.5) is 0 Å². The monoisotopic (exact) mass is 269 g/mol. The lowest BCUT2D eigenvalue weighted by Gasteiger charge is -2.09. The standard InChI is InChI=1S/C13H19NO3S/c1-16-11-5-3-4-10(8-11)9-18-7-6-12(14)13(15)17-2/h3-5,8,12H,6-7,9,14H2,1-2H3. The van der Waals surface area contributed by atoms with Crippen molar-refractivity contribution in [1.82, 2.24) is 0 Å². The summed E-state index contributed by atoms with van der Waals surface area (Å²) < 4.78 is 9.72. The molecule has 0 saturated heterocycles. The first kappa shape index (κ1) is 14.9. The van der Waals surface area contributed by atoms with Gasteiger partial charge in [0.1, 0.15) is 11.8 Å². The molecular formula is C13H19NO3S. The fourth-order valence-corrected chi connectivity index (χ4v) is 2.41. The zero-order chi connectivity index (χ0) is 13.4. The zero-order valence-electron chi connectivity index (χ0n) is 10.7. The van der Waals surface area contributed by atoms with Gasteiger partial charge in [0, 0.05) is 5.75 Å². The van der Waals surface area contributed by atoms with Crippen LogP contribution in [0.2, 0.25) is 0 Å². The molecule has 1 unspecified atom stereocenters. The van der Waals surface area contributed by atoms with Gasteiger partial charge in [0.2, 0.25) is 0 Å². The predicted octanol–water partition coefficient (Wildman–Crippen LogP) is 1.82. The number of carbonyl (C=O) groups is 1. The Labute approximate surface area is 112 Å². The van der Waals surface area contributed by atoms with Crippen molar-refractivity contribution in [2.45, 2.75) is 18.2 Å². The van der Waals surface area contributed by atoms with E-state index in [4.69, 9.17) is 10.5 Å². The Morgan fingerprint density at radius 2 is 2.22 bits per heavy atom. The first-order valence-corrected chi connectivity index (χ1v) is 6.87. The van der Waals surface area contributed by atoms with Gasteiger partial charge in [0.15, 0.2) is 0 Å². The molecule has 1 aromatic carbocycles. The molecule has 0 amide bonds. The minimum Gasteiger partial charge on any atom is -0.497 e. The number of hydrogen-bond acceptors (Lipinski definition) is 5. The lowest BCUT2D eigenvalue weighted by atomic mass is 10.2. The zero-order valence-corrected chi connectivity index (χ0v) is 11.5. The van der Waals surface area contributed by atoms with E-state index in [-0.39, 0.29) is 5.97 Å². The number of rotatable bonds is 7. The van der Waals surface area contributed by atoms with E-state index in [1.165, 1.54) is 12.7 Å². The fourth-order valence-electron chi connectivity index (χ4n) is 1.43. The van der Waals surface area contributed by atoms with E-state index in [0.717, 1.165) is 17.3 Å². The van der Waals surface area contributed by atoms with Crippen LogP contribution in [0.25, 0.3) is 0 Å². The average Bonchev–Trinajstić information content (AvgIpc) is 2.42. The minimum absolute atomic E-state index is 0.350. The summed E-state index contributed by atoms with van der Waals surface area (Å²) in [6.07, 6.45) is 0.626. The predicted molar refractivity (Wildman–Crippen MR) is 73.8 cm³/mol. The summed E-state index contributed by atoms with van der Waals surface area (Å²) in [7, 11) is 3.01. The van der Waals surface area contributed by atoms with E-state index >= 15 is 0 Å². The number of esters is 1. The van der Waals surface area contributed by atoms with Gasteiger partial charge >= 0.3 is 5.97 Å². The smallest absolute Gasteiger partial charge is 0.322 e. The van der Waals surface area contributed by atoms with E-state index in [1.807, 2.05) is 18.2 Å². The second-order valence-electron chi connectivity index (χ2n) is 3.82. The number of methoxy groups -OCH3 is 2. The molecule has 0 aliphatic carbocycles. The molecule has 0 aliphatic rings. The maximum Gasteiger partial charge on any atom is 0.322 e. The molecule has 0 aromatic heterocycles. The van der Waals surface area contributed by atoms with Crippen LogP contribution in [-0.2, 0) is 15.3 Å². The van der Waals surface area contributed by atoms with Crippen molar-refractivity contribution in [3.05, 3.63) is 29.8 Å². The Kier molecular flexibility index (Phi) is 6.60. The topological polar surface area (TPSA) is 61.5 Å². The van der Waals surface area contributed by atoms with Gasteiger partial charge in [-0.3, -0.25) is 4.79 Å². The molecule has 2 N–H and O–H groups in total. The van der Waals surface area contributed by atoms with Crippen molar-refractivity contribution < 1.29 is 14.3 Å². The van der Waals surface area contributed by atoms with E-state index in [9.17, 15) is 4.79 Å². The van der Waals surface area contributed by atoms with Crippen molar-refractivity contribution in [2.24, 2.45) is 5.73 Å². The summed E-state index contributed by atoms with van der Waals surface area (Å²) in [6, 6.07) is 7.42. The molecule has 18 heavy (non-hydrogen) atoms. The van der Waals surface area contributed by atoms with Crippen molar-refractivity contribution in [3.8, 4) is 5.75 Å². The van der Waals surface area contributed by atoms with Gasteiger partial charge in [-0.2, -0.15) is 11.8 Å². The lowest BCUT2D eigenvalue weighted by molar-refractivity contribution is -0.142. The van der Waals surface area contributed by atoms with E-state index in [2.05, 4.69) is 10.8 Å². The molecule has 1 rings (SSSR count). The Balaban J connectivity index is 2.27. The average molecular weight is 269 g/mol. The molecule has 1 atom stereocenters. The molecular weight excluding hydrogens is 250 g/mol. The highest BCUT2D eigenvalue weighted by molar-refractivity contribution is 7.98. The first-order chi connectivity index (χ1) is 8.67. The van der Waals surface area contributed by atoms with Crippen LogP contribution >= 0.6 is 11.8 Å². The molecule has 1 aromatic rings. The van der Waals surface area contributed by atoms with Crippen LogP contribution in [-0.4, -0.2) is 32.0 Å². The van der Waals surface area contributed by atoms with Crippen LogP contribution in [0.5, 0.6) is 5.75 Å². The van der Waals surface area contributed by atoms with Gasteiger partial charge in [-0.25, -0.2) is 0 Å². The van der Waals surface area contributed by atoms with E-state index < -0.39 is 6.04 Å². The molecule has 0 radical (unpaired) electrons. The summed E-state index contributed by atoms with van der Waals surface area (Å²) in [5, 5.41) is 0. The maximum atomic E-state index is 11.1. The number of benzene rings is 1. The van der Waals surface area contributed by atoms with Gasteiger partial charge in [0.05, 0.1) is 14.2 Å². The molecule has 0 aliphatic heterocycles. The fraction of sp³-hybridized carbons (Fsp3) is 0.462. The summed E-state index contributed by atoms with van der Waals surface area (Å²) in [5.41, 5.74) is 6.84. The van der Waals surface area contributed by atoms with Crippen LogP contribution in [0.3, 0.4) is 0 Å². The van der Waals surface area contributed by atoms with Crippen molar-refractivity contribution in [2.75, 3.05) is 20.0 Å². The lowest BCUT2D eigenvalue weighted by Crippen LogP contribution is -2.31. The van der Waals surface area contributed by atoms with Crippen LogP contribution in [0.15, 0.2) is 24.3 Å². The molecule has 5 heteroatoms. The largest absolute Gasteiger partial charge is 0.497 e. The molecule has 100 valence electrons. The summed E-state index contributed by atoms with van der Waals surface area (Å²) in [4.78, 5) is 11.1. The van der Waals surface area contributed by atoms with Gasteiger partial charge in [0.25, 0.3) is 0 Å². The van der Waals surface area contributed by atoms with Gasteiger partial charge < -0.3 is 15.2 Å². The molecule has 0 heterocycles. The highest BCUT2D eigenvalue weighted by atomic mass is 32.2. The number of ether oxygens (including phenoxy) is 2. The highest BCUT2D eigenvalue weighted by Crippen LogP contribution is 2.18. The van der Waals surface area contributed by atoms with Gasteiger partial charge in [-0.15, -0.1) is 0 Å². The number of thioether (sulfide) groups is 1. The molecule has 0 fully saturated rings. The third-order valence-corrected chi connectivity index (χ3v) is 3.54. The number of carbonyl (C=O) groups excluding carboxylic acids is 1.